The highest BCUT2D eigenvalue weighted by Crippen LogP contribution is 2.20. The molecule has 0 aromatic heterocycles. The maximum Gasteiger partial charge on any atom is 0.159 e. The number of benzene rings is 2. The lowest BCUT2D eigenvalue weighted by Crippen LogP contribution is -2.12. The molecule has 0 amide bonds. The zero-order valence-electron chi connectivity index (χ0n) is 10.9. The van der Waals surface area contributed by atoms with Crippen LogP contribution in [0, 0.1) is 11.6 Å². The predicted molar refractivity (Wildman–Crippen MR) is 72.8 cm³/mol. The molecule has 2 rings (SSSR count). The van der Waals surface area contributed by atoms with Gasteiger partial charge in [0.15, 0.2) is 11.6 Å². The van der Waals surface area contributed by atoms with E-state index in [9.17, 15) is 13.9 Å². The second kappa shape index (κ2) is 6.34. The number of halogens is 2. The van der Waals surface area contributed by atoms with E-state index < -0.39 is 17.7 Å². The summed E-state index contributed by atoms with van der Waals surface area (Å²) in [5.74, 6) is -1.21. The monoisotopic (exact) mass is 279 g/mol. The number of methoxy groups -OCH3 is 1. The van der Waals surface area contributed by atoms with Crippen LogP contribution >= 0.6 is 0 Å². The minimum absolute atomic E-state index is 0.179. The molecular formula is C15H15F2NO2. The zero-order chi connectivity index (χ0) is 14.5. The fourth-order valence-corrected chi connectivity index (χ4v) is 1.79. The summed E-state index contributed by atoms with van der Waals surface area (Å²) in [6.45, 7) is 0.179. The van der Waals surface area contributed by atoms with Crippen LogP contribution in [-0.4, -0.2) is 18.8 Å². The number of ether oxygens (including phenoxy) is 1. The standard InChI is InChI=1S/C15H15F2NO2/c1-20-12-4-2-3-11(8-12)18-9-15(19)10-5-6-13(16)14(17)7-10/h2-8,15,18-19H,9H2,1H3. The summed E-state index contributed by atoms with van der Waals surface area (Å²) in [6.07, 6.45) is -0.934. The van der Waals surface area contributed by atoms with Gasteiger partial charge in [0, 0.05) is 18.3 Å². The number of nitrogens with one attached hydrogen (secondary N) is 1. The Kier molecular flexibility index (Phi) is 4.53. The van der Waals surface area contributed by atoms with Crippen molar-refractivity contribution in [3.8, 4) is 5.75 Å². The van der Waals surface area contributed by atoms with E-state index in [0.29, 0.717) is 11.3 Å². The molecule has 0 fully saturated rings. The smallest absolute Gasteiger partial charge is 0.159 e. The summed E-state index contributed by atoms with van der Waals surface area (Å²) >= 11 is 0. The molecule has 0 spiro atoms. The lowest BCUT2D eigenvalue weighted by Gasteiger charge is -2.14. The third kappa shape index (κ3) is 3.45. The van der Waals surface area contributed by atoms with E-state index in [1.54, 1.807) is 19.2 Å². The van der Waals surface area contributed by atoms with E-state index in [2.05, 4.69) is 5.32 Å². The summed E-state index contributed by atoms with van der Waals surface area (Å²) in [4.78, 5) is 0. The van der Waals surface area contributed by atoms with Crippen molar-refractivity contribution in [2.45, 2.75) is 6.10 Å². The molecule has 20 heavy (non-hydrogen) atoms. The average molecular weight is 279 g/mol. The first-order valence-electron chi connectivity index (χ1n) is 6.11. The van der Waals surface area contributed by atoms with Gasteiger partial charge in [-0.1, -0.05) is 12.1 Å². The van der Waals surface area contributed by atoms with E-state index in [-0.39, 0.29) is 6.54 Å². The first kappa shape index (κ1) is 14.3. The third-order valence-electron chi connectivity index (χ3n) is 2.90. The summed E-state index contributed by atoms with van der Waals surface area (Å²) < 4.78 is 31.0. The third-order valence-corrected chi connectivity index (χ3v) is 2.90. The van der Waals surface area contributed by atoms with E-state index in [1.807, 2.05) is 12.1 Å². The molecule has 0 saturated heterocycles. The quantitative estimate of drug-likeness (QED) is 0.883. The highest BCUT2D eigenvalue weighted by molar-refractivity contribution is 5.48. The summed E-state index contributed by atoms with van der Waals surface area (Å²) in [7, 11) is 1.56. The number of aliphatic hydroxyl groups is 1. The highest BCUT2D eigenvalue weighted by atomic mass is 19.2. The van der Waals surface area contributed by atoms with Crippen molar-refractivity contribution < 1.29 is 18.6 Å². The van der Waals surface area contributed by atoms with Crippen molar-refractivity contribution in [3.05, 3.63) is 59.7 Å². The second-order valence-corrected chi connectivity index (χ2v) is 4.30. The topological polar surface area (TPSA) is 41.5 Å². The molecule has 0 radical (unpaired) electrons. The van der Waals surface area contributed by atoms with Crippen LogP contribution in [0.2, 0.25) is 0 Å². The molecule has 106 valence electrons. The second-order valence-electron chi connectivity index (χ2n) is 4.30. The van der Waals surface area contributed by atoms with Gasteiger partial charge in [-0.3, -0.25) is 0 Å². The normalized spacial score (nSPS) is 12.0. The highest BCUT2D eigenvalue weighted by Gasteiger charge is 2.10. The van der Waals surface area contributed by atoms with Crippen LogP contribution in [0.1, 0.15) is 11.7 Å². The molecule has 0 aliphatic carbocycles. The Labute approximate surface area is 115 Å². The van der Waals surface area contributed by atoms with Crippen LogP contribution in [0.3, 0.4) is 0 Å². The van der Waals surface area contributed by atoms with Gasteiger partial charge < -0.3 is 15.2 Å². The Bertz CT molecular complexity index is 590. The first-order valence-corrected chi connectivity index (χ1v) is 6.11. The van der Waals surface area contributed by atoms with Crippen LogP contribution in [0.25, 0.3) is 0 Å². The fourth-order valence-electron chi connectivity index (χ4n) is 1.79. The Morgan fingerprint density at radius 3 is 2.65 bits per heavy atom. The van der Waals surface area contributed by atoms with Crippen LogP contribution < -0.4 is 10.1 Å². The molecule has 2 aromatic rings. The van der Waals surface area contributed by atoms with E-state index in [4.69, 9.17) is 4.74 Å². The molecule has 0 saturated carbocycles. The summed E-state index contributed by atoms with van der Waals surface area (Å²) in [6, 6.07) is 10.6. The molecule has 2 N–H and O–H groups in total. The average Bonchev–Trinajstić information content (AvgIpc) is 2.47. The molecule has 1 unspecified atom stereocenters. The Morgan fingerprint density at radius 1 is 1.15 bits per heavy atom. The molecule has 1 atom stereocenters. The van der Waals surface area contributed by atoms with Gasteiger partial charge in [-0.2, -0.15) is 0 Å². The van der Waals surface area contributed by atoms with Crippen molar-refractivity contribution in [1.29, 1.82) is 0 Å². The van der Waals surface area contributed by atoms with Crippen LogP contribution in [0.4, 0.5) is 14.5 Å². The van der Waals surface area contributed by atoms with Gasteiger partial charge >= 0.3 is 0 Å². The van der Waals surface area contributed by atoms with Gasteiger partial charge in [0.25, 0.3) is 0 Å². The molecule has 5 heteroatoms. The van der Waals surface area contributed by atoms with Crippen molar-refractivity contribution >= 4 is 5.69 Å². The fraction of sp³-hybridized carbons (Fsp3) is 0.200. The minimum atomic E-state index is -0.970. The number of aliphatic hydroxyl groups excluding tert-OH is 1. The van der Waals surface area contributed by atoms with E-state index in [1.165, 1.54) is 6.07 Å². The number of anilines is 1. The largest absolute Gasteiger partial charge is 0.497 e. The minimum Gasteiger partial charge on any atom is -0.497 e. The Hall–Kier alpha value is -2.14. The van der Waals surface area contributed by atoms with Crippen LogP contribution in [0.15, 0.2) is 42.5 Å². The summed E-state index contributed by atoms with van der Waals surface area (Å²) in [5.41, 5.74) is 1.09. The van der Waals surface area contributed by atoms with Gasteiger partial charge in [0.2, 0.25) is 0 Å². The molecule has 0 aliphatic heterocycles. The van der Waals surface area contributed by atoms with Crippen molar-refractivity contribution in [1.82, 2.24) is 0 Å². The maximum absolute atomic E-state index is 13.1. The predicted octanol–water partition coefficient (Wildman–Crippen LogP) is 3.12. The van der Waals surface area contributed by atoms with Gasteiger partial charge in [0.05, 0.1) is 13.2 Å². The Morgan fingerprint density at radius 2 is 1.95 bits per heavy atom. The Balaban J connectivity index is 2.00. The number of rotatable bonds is 5. The zero-order valence-corrected chi connectivity index (χ0v) is 10.9. The number of hydrogen-bond acceptors (Lipinski definition) is 3. The molecule has 0 aliphatic rings. The molecule has 0 bridgehead atoms. The SMILES string of the molecule is COc1cccc(NCC(O)c2ccc(F)c(F)c2)c1. The molecular weight excluding hydrogens is 264 g/mol. The van der Waals surface area contributed by atoms with Gasteiger partial charge in [0.1, 0.15) is 5.75 Å². The lowest BCUT2D eigenvalue weighted by molar-refractivity contribution is 0.191. The lowest BCUT2D eigenvalue weighted by atomic mass is 10.1. The van der Waals surface area contributed by atoms with E-state index in [0.717, 1.165) is 17.8 Å². The van der Waals surface area contributed by atoms with Gasteiger partial charge in [-0.15, -0.1) is 0 Å². The molecule has 0 heterocycles. The van der Waals surface area contributed by atoms with Gasteiger partial charge in [-0.25, -0.2) is 8.78 Å². The summed E-state index contributed by atoms with van der Waals surface area (Å²) in [5, 5.41) is 12.9. The van der Waals surface area contributed by atoms with E-state index >= 15 is 0 Å². The first-order chi connectivity index (χ1) is 9.60. The van der Waals surface area contributed by atoms with Crippen molar-refractivity contribution in [2.75, 3.05) is 19.0 Å². The maximum atomic E-state index is 13.1. The van der Waals surface area contributed by atoms with Crippen molar-refractivity contribution in [2.24, 2.45) is 0 Å². The van der Waals surface area contributed by atoms with Crippen molar-refractivity contribution in [3.63, 3.8) is 0 Å². The van der Waals surface area contributed by atoms with Crippen LogP contribution in [-0.2, 0) is 0 Å². The molecule has 3 nitrogen and oxygen atoms in total. The number of hydrogen-bond donors (Lipinski definition) is 2. The van der Waals surface area contributed by atoms with Gasteiger partial charge in [-0.05, 0) is 29.8 Å². The van der Waals surface area contributed by atoms with Crippen LogP contribution in [0.5, 0.6) is 5.75 Å². The molecule has 2 aromatic carbocycles.